The minimum Gasteiger partial charge on any atom is -0.361 e. The average molecular weight is 721 g/mol. The summed E-state index contributed by atoms with van der Waals surface area (Å²) in [5.41, 5.74) is 5.31. The molecule has 4 heterocycles. The second-order valence-corrected chi connectivity index (χ2v) is 15.4. The van der Waals surface area contributed by atoms with Crippen LogP contribution in [0.2, 0.25) is 10.0 Å². The van der Waals surface area contributed by atoms with Crippen LogP contribution in [0.25, 0.3) is 17.0 Å². The highest BCUT2D eigenvalue weighted by molar-refractivity contribution is 6.30. The second-order valence-electron chi connectivity index (χ2n) is 14.5. The summed E-state index contributed by atoms with van der Waals surface area (Å²) in [5, 5.41) is 12.3. The van der Waals surface area contributed by atoms with Crippen molar-refractivity contribution in [2.75, 3.05) is 13.1 Å². The normalized spacial score (nSPS) is 28.1. The van der Waals surface area contributed by atoms with Crippen molar-refractivity contribution in [2.24, 2.45) is 15.4 Å². The van der Waals surface area contributed by atoms with E-state index < -0.39 is 11.0 Å². The fourth-order valence-electron chi connectivity index (χ4n) is 9.91. The van der Waals surface area contributed by atoms with Gasteiger partial charge in [-0.3, -0.25) is 14.8 Å². The monoisotopic (exact) mass is 719 g/mol. The highest BCUT2D eigenvalue weighted by Crippen LogP contribution is 2.66. The van der Waals surface area contributed by atoms with Gasteiger partial charge in [-0.15, -0.1) is 0 Å². The van der Waals surface area contributed by atoms with Crippen molar-refractivity contribution in [2.45, 2.75) is 36.0 Å². The van der Waals surface area contributed by atoms with Crippen molar-refractivity contribution in [3.8, 4) is 0 Å². The molecule has 0 saturated carbocycles. The van der Waals surface area contributed by atoms with E-state index in [4.69, 9.17) is 33.2 Å². The number of rotatable bonds is 4. The Morgan fingerprint density at radius 1 is 0.788 bits per heavy atom. The number of piperidine rings is 1. The van der Waals surface area contributed by atoms with Crippen LogP contribution in [0.15, 0.2) is 143 Å². The molecule has 256 valence electrons. The number of fused-ring (bicyclic) bond motifs is 8. The van der Waals surface area contributed by atoms with E-state index in [1.165, 1.54) is 10.9 Å². The van der Waals surface area contributed by atoms with Gasteiger partial charge in [0.25, 0.3) is 0 Å². The smallest absolute Gasteiger partial charge is 0.170 e. The fraction of sp³-hybridized carbons (Fsp3) is 0.205. The highest BCUT2D eigenvalue weighted by Gasteiger charge is 2.75. The molecule has 3 N–H and O–H groups in total. The molecule has 3 aliphatic heterocycles. The molecule has 4 aliphatic rings. The minimum atomic E-state index is -1.01. The number of hydrogen-bond donors (Lipinski definition) is 3. The summed E-state index contributed by atoms with van der Waals surface area (Å²) < 4.78 is 0. The number of para-hydroxylation sites is 3. The van der Waals surface area contributed by atoms with Gasteiger partial charge in [0, 0.05) is 57.8 Å². The number of carbonyl (C=O) groups is 1. The third-order valence-electron chi connectivity index (χ3n) is 11.9. The molecular weight excluding hydrogens is 685 g/mol. The van der Waals surface area contributed by atoms with Crippen LogP contribution in [0.3, 0.4) is 0 Å². The number of aromatic nitrogens is 1. The second kappa shape index (κ2) is 12.1. The van der Waals surface area contributed by atoms with Crippen LogP contribution in [0.5, 0.6) is 0 Å². The minimum absolute atomic E-state index is 0.125. The number of ketones is 1. The lowest BCUT2D eigenvalue weighted by atomic mass is 9.54. The Hall–Kier alpha value is -4.85. The molecule has 6 aromatic rings. The van der Waals surface area contributed by atoms with E-state index >= 15 is 4.79 Å². The molecule has 2 fully saturated rings. The standard InChI is InChI=1S/C44H35Cl2N5O/c45-30-17-13-26(14-18-30)21-29-23-47-25-43(42(29)52)39(27-15-19-31(46)20-16-27)38(22-28-24-48-35-10-4-2-7-32(28)35)51-44(43)34-9-3-1-8-33(34)40-41(44)50-37-12-6-5-11-36(37)49-40/h1-21,24,38-41,47-48,51H,22-23,25H2/b29-21+. The van der Waals surface area contributed by atoms with Gasteiger partial charge in [-0.2, -0.15) is 0 Å². The Labute approximate surface area is 311 Å². The molecule has 8 heteroatoms. The van der Waals surface area contributed by atoms with Gasteiger partial charge in [-0.1, -0.05) is 102 Å². The van der Waals surface area contributed by atoms with Crippen molar-refractivity contribution in [1.29, 1.82) is 0 Å². The zero-order valence-corrected chi connectivity index (χ0v) is 29.7. The van der Waals surface area contributed by atoms with Crippen LogP contribution in [0.1, 0.15) is 39.8 Å². The van der Waals surface area contributed by atoms with Crippen molar-refractivity contribution >= 4 is 46.0 Å². The topological polar surface area (TPSA) is 81.6 Å². The van der Waals surface area contributed by atoms with Gasteiger partial charge in [0.2, 0.25) is 0 Å². The van der Waals surface area contributed by atoms with Crippen LogP contribution in [-0.2, 0) is 16.8 Å². The van der Waals surface area contributed by atoms with Crippen molar-refractivity contribution in [1.82, 2.24) is 15.6 Å². The number of H-pyrrole nitrogens is 1. The number of Topliss-reactive ketones (excluding diaryl/α,β-unsaturated/α-hetero) is 1. The average Bonchev–Trinajstić information content (AvgIpc) is 3.80. The first kappa shape index (κ1) is 31.9. The lowest BCUT2D eigenvalue weighted by molar-refractivity contribution is -0.131. The van der Waals surface area contributed by atoms with E-state index in [-0.39, 0.29) is 29.8 Å². The van der Waals surface area contributed by atoms with E-state index in [1.807, 2.05) is 66.7 Å². The molecule has 2 saturated heterocycles. The Morgan fingerprint density at radius 3 is 2.29 bits per heavy atom. The van der Waals surface area contributed by atoms with Crippen LogP contribution in [0, 0.1) is 5.41 Å². The summed E-state index contributed by atoms with van der Waals surface area (Å²) in [6, 6.07) is 40.1. The first-order chi connectivity index (χ1) is 25.5. The number of nitrogens with one attached hydrogen (secondary N) is 3. The molecular formula is C44H35Cl2N5O. The molecule has 1 aromatic heterocycles. The summed E-state index contributed by atoms with van der Waals surface area (Å²) >= 11 is 12.8. The zero-order chi connectivity index (χ0) is 35.0. The highest BCUT2D eigenvalue weighted by atomic mass is 35.5. The van der Waals surface area contributed by atoms with Crippen molar-refractivity contribution < 1.29 is 4.79 Å². The van der Waals surface area contributed by atoms with Crippen molar-refractivity contribution in [3.05, 3.63) is 182 Å². The molecule has 0 radical (unpaired) electrons. The number of aromatic amines is 1. The zero-order valence-electron chi connectivity index (χ0n) is 28.2. The number of benzene rings is 5. The molecule has 6 atom stereocenters. The largest absolute Gasteiger partial charge is 0.361 e. The molecule has 52 heavy (non-hydrogen) atoms. The van der Waals surface area contributed by atoms with Gasteiger partial charge in [0.15, 0.2) is 5.78 Å². The van der Waals surface area contributed by atoms with Gasteiger partial charge in [-0.25, -0.2) is 0 Å². The van der Waals surface area contributed by atoms with Gasteiger partial charge in [-0.05, 0) is 82.8 Å². The van der Waals surface area contributed by atoms with E-state index in [1.54, 1.807) is 0 Å². The Balaban J connectivity index is 1.26. The molecule has 0 amide bonds. The number of carbonyl (C=O) groups excluding carboxylic acids is 1. The summed E-state index contributed by atoms with van der Waals surface area (Å²) in [7, 11) is 0. The number of hydrogen-bond acceptors (Lipinski definition) is 5. The number of halogens is 2. The van der Waals surface area contributed by atoms with E-state index in [0.29, 0.717) is 29.6 Å². The predicted octanol–water partition coefficient (Wildman–Crippen LogP) is 7.29. The van der Waals surface area contributed by atoms with E-state index in [0.717, 1.165) is 44.1 Å². The maximum atomic E-state index is 16.0. The molecule has 5 aromatic carbocycles. The Kier molecular flexibility index (Phi) is 7.42. The first-order valence-corrected chi connectivity index (χ1v) is 18.6. The molecule has 1 aliphatic carbocycles. The maximum Gasteiger partial charge on any atom is 0.170 e. The van der Waals surface area contributed by atoms with Gasteiger partial charge < -0.3 is 15.6 Å². The Morgan fingerprint density at radius 2 is 1.48 bits per heavy atom. The summed E-state index contributed by atoms with van der Waals surface area (Å²) in [5.74, 6) is -0.133. The fourth-order valence-corrected chi connectivity index (χ4v) is 10.2. The Bertz CT molecular complexity index is 2540. The third kappa shape index (κ3) is 4.61. The molecule has 6 unspecified atom stereocenters. The van der Waals surface area contributed by atoms with Crippen molar-refractivity contribution in [3.63, 3.8) is 0 Å². The third-order valence-corrected chi connectivity index (χ3v) is 12.4. The maximum absolute atomic E-state index is 16.0. The lowest BCUT2D eigenvalue weighted by Crippen LogP contribution is -2.66. The van der Waals surface area contributed by atoms with Crippen LogP contribution < -0.4 is 21.3 Å². The van der Waals surface area contributed by atoms with Gasteiger partial charge in [0.05, 0.1) is 21.7 Å². The molecule has 6 nitrogen and oxygen atoms in total. The molecule has 2 spiro atoms. The molecule has 10 rings (SSSR count). The van der Waals surface area contributed by atoms with Crippen LogP contribution >= 0.6 is 23.2 Å². The summed E-state index contributed by atoms with van der Waals surface area (Å²) in [6.45, 7) is 0.920. The van der Waals surface area contributed by atoms with Gasteiger partial charge >= 0.3 is 0 Å². The van der Waals surface area contributed by atoms with E-state index in [2.05, 4.69) is 82.5 Å². The van der Waals surface area contributed by atoms with E-state index in [9.17, 15) is 0 Å². The first-order valence-electron chi connectivity index (χ1n) is 17.9. The number of nitrogens with zero attached hydrogens (tertiary/aromatic N) is 2. The summed E-state index contributed by atoms with van der Waals surface area (Å²) in [6.07, 6.45) is 4.84. The predicted molar refractivity (Wildman–Crippen MR) is 206 cm³/mol. The molecule has 0 bridgehead atoms. The van der Waals surface area contributed by atoms with Crippen LogP contribution in [-0.4, -0.2) is 35.9 Å². The summed E-state index contributed by atoms with van der Waals surface area (Å²) in [4.78, 5) is 30.5. The SMILES string of the molecule is O=C1/C(=C/c2ccc(Cl)cc2)CNCC12C(c1ccc(Cl)cc1)C(Cc1c[nH]c3ccccc13)NC21c2ccccc2C2N=c3ccccc3=NC21. The quantitative estimate of drug-likeness (QED) is 0.168. The van der Waals surface area contributed by atoms with Crippen LogP contribution in [0.4, 0.5) is 0 Å². The lowest BCUT2D eigenvalue weighted by Gasteiger charge is -2.51. The van der Waals surface area contributed by atoms with Gasteiger partial charge in [0.1, 0.15) is 12.1 Å².